The molecule has 0 spiro atoms. The van der Waals surface area contributed by atoms with Gasteiger partial charge in [-0.25, -0.2) is 0 Å². The van der Waals surface area contributed by atoms with Gasteiger partial charge in [-0.1, -0.05) is 104 Å². The van der Waals surface area contributed by atoms with Gasteiger partial charge in [0.25, 0.3) is 0 Å². The first-order valence-corrected chi connectivity index (χ1v) is 15.0. The maximum Gasteiger partial charge on any atom is 0.347 e. The van der Waals surface area contributed by atoms with Crippen LogP contribution in [0.15, 0.2) is 60.7 Å². The maximum absolute atomic E-state index is 13.2. The number of rotatable bonds is 5. The minimum absolute atomic E-state index is 0. The van der Waals surface area contributed by atoms with E-state index in [4.69, 9.17) is 0 Å². The zero-order valence-corrected chi connectivity index (χ0v) is 23.2. The molecule has 0 heterocycles. The Kier molecular flexibility index (Phi) is 11.6. The van der Waals surface area contributed by atoms with Crippen LogP contribution < -0.4 is 10.6 Å². The summed E-state index contributed by atoms with van der Waals surface area (Å²) in [6, 6.07) is 21.9. The van der Waals surface area contributed by atoms with Crippen molar-refractivity contribution in [3.8, 4) is 0 Å². The zero-order chi connectivity index (χ0) is 22.3. The molecule has 2 saturated carbocycles. The topological polar surface area (TPSA) is 17.1 Å². The van der Waals surface area contributed by atoms with Crippen molar-refractivity contribution in [1.29, 1.82) is 0 Å². The third-order valence-corrected chi connectivity index (χ3v) is 12.3. The van der Waals surface area contributed by atoms with Crippen molar-refractivity contribution in [2.24, 2.45) is 5.92 Å². The molecule has 0 bridgehead atoms. The van der Waals surface area contributed by atoms with Gasteiger partial charge in [0.05, 0.1) is 0 Å². The van der Waals surface area contributed by atoms with Crippen molar-refractivity contribution < 1.29 is 21.6 Å². The van der Waals surface area contributed by atoms with Crippen LogP contribution in [0.5, 0.6) is 0 Å². The van der Waals surface area contributed by atoms with E-state index in [0.717, 1.165) is 6.42 Å². The van der Waals surface area contributed by atoms with E-state index in [0.29, 0.717) is 17.2 Å². The van der Waals surface area contributed by atoms with Gasteiger partial charge in [-0.05, 0) is 64.2 Å². The zero-order valence-electron chi connectivity index (χ0n) is 20.3. The molecular formula is C28H41FeOP2+. The maximum atomic E-state index is 13.2. The van der Waals surface area contributed by atoms with Crippen molar-refractivity contribution in [2.75, 3.05) is 0 Å². The average Bonchev–Trinajstić information content (AvgIpc) is 3.49. The molecule has 0 saturated heterocycles. The second-order valence-electron chi connectivity index (χ2n) is 10.2. The molecule has 32 heavy (non-hydrogen) atoms. The van der Waals surface area contributed by atoms with Crippen LogP contribution in [0.2, 0.25) is 0 Å². The number of hydrogen-bond acceptors (Lipinski definition) is 1. The minimum atomic E-state index is -1.20. The molecule has 1 nitrogen and oxygen atoms in total. The molecule has 0 radical (unpaired) electrons. The summed E-state index contributed by atoms with van der Waals surface area (Å²) in [6.07, 6.45) is 11.1. The van der Waals surface area contributed by atoms with Gasteiger partial charge in [-0.15, -0.1) is 0 Å². The first kappa shape index (κ1) is 27.7. The first-order chi connectivity index (χ1) is 14.9. The average molecular weight is 511 g/mol. The Labute approximate surface area is 209 Å². The Morgan fingerprint density at radius 1 is 0.781 bits per heavy atom. The molecular weight excluding hydrogens is 470 g/mol. The van der Waals surface area contributed by atoms with Crippen molar-refractivity contribution in [3.05, 3.63) is 60.7 Å². The Morgan fingerprint density at radius 2 is 1.22 bits per heavy atom. The monoisotopic (exact) mass is 511 g/mol. The summed E-state index contributed by atoms with van der Waals surface area (Å²) in [6.45, 7) is 8.84. The van der Waals surface area contributed by atoms with Crippen molar-refractivity contribution in [3.63, 3.8) is 0 Å². The predicted octanol–water partition coefficient (Wildman–Crippen LogP) is 8.25. The molecule has 0 aliphatic heterocycles. The van der Waals surface area contributed by atoms with Gasteiger partial charge < -0.3 is 0 Å². The molecule has 2 aliphatic rings. The fourth-order valence-electron chi connectivity index (χ4n) is 5.19. The van der Waals surface area contributed by atoms with E-state index in [1.54, 1.807) is 0 Å². The van der Waals surface area contributed by atoms with Crippen molar-refractivity contribution in [2.45, 2.75) is 95.5 Å². The molecule has 4 rings (SSSR count). The van der Waals surface area contributed by atoms with Gasteiger partial charge in [0.2, 0.25) is 0 Å². The Morgan fingerprint density at radius 3 is 1.62 bits per heavy atom. The summed E-state index contributed by atoms with van der Waals surface area (Å²) in [5.41, 5.74) is 0.918. The fraction of sp³-hybridized carbons (Fsp3) is 0.571. The standard InChI is InChI=1S/C23H31OP2.C5H10.Fe/c1-18(21-16-11-17-22(21)26(24)23(2,3)4)25(19-12-7-5-8-13-19)20-14-9-6-10-15-20;1-2-4-5-3-1;/h5-10,12-15,18,21-22H,11,16-17H2,1-4H3;1-5H2;/q+1;;/t18-,21?,22?;;/m1../s1. The summed E-state index contributed by atoms with van der Waals surface area (Å²) < 4.78 is 13.2. The van der Waals surface area contributed by atoms with Crippen molar-refractivity contribution in [1.82, 2.24) is 0 Å². The van der Waals surface area contributed by atoms with Crippen LogP contribution in [0, 0.1) is 5.92 Å². The summed E-state index contributed by atoms with van der Waals surface area (Å²) in [5.74, 6) is 0.560. The molecule has 2 aromatic carbocycles. The van der Waals surface area contributed by atoms with Crippen LogP contribution in [0.25, 0.3) is 0 Å². The molecule has 0 aromatic heterocycles. The first-order valence-electron chi connectivity index (χ1n) is 12.3. The second kappa shape index (κ2) is 13.4. The van der Waals surface area contributed by atoms with E-state index in [2.05, 4.69) is 88.4 Å². The third kappa shape index (κ3) is 7.50. The molecule has 2 aromatic rings. The minimum Gasteiger partial charge on any atom is -0.0739 e. The van der Waals surface area contributed by atoms with E-state index in [1.165, 1.54) is 55.6 Å². The molecule has 0 amide bonds. The van der Waals surface area contributed by atoms with Crippen LogP contribution in [0.3, 0.4) is 0 Å². The van der Waals surface area contributed by atoms with E-state index < -0.39 is 15.7 Å². The summed E-state index contributed by atoms with van der Waals surface area (Å²) in [4.78, 5) is 0. The molecule has 2 aliphatic carbocycles. The molecule has 0 N–H and O–H groups in total. The largest absolute Gasteiger partial charge is 0.347 e. The van der Waals surface area contributed by atoms with Gasteiger partial charge in [0.1, 0.15) is 0 Å². The molecule has 3 unspecified atom stereocenters. The van der Waals surface area contributed by atoms with Crippen molar-refractivity contribution >= 4 is 26.3 Å². The van der Waals surface area contributed by atoms with Gasteiger partial charge in [0.15, 0.2) is 10.8 Å². The van der Waals surface area contributed by atoms with E-state index in [9.17, 15) is 4.57 Å². The van der Waals surface area contributed by atoms with E-state index in [-0.39, 0.29) is 22.2 Å². The van der Waals surface area contributed by atoms with Gasteiger partial charge in [-0.3, -0.25) is 0 Å². The van der Waals surface area contributed by atoms with Crippen LogP contribution in [-0.2, 0) is 21.6 Å². The molecule has 4 heteroatoms. The Bertz CT molecular complexity index is 752. The van der Waals surface area contributed by atoms with E-state index >= 15 is 0 Å². The van der Waals surface area contributed by atoms with Crippen LogP contribution in [0.1, 0.15) is 79.1 Å². The Balaban J connectivity index is 0.000000534. The van der Waals surface area contributed by atoms with Crippen LogP contribution >= 0.6 is 15.7 Å². The van der Waals surface area contributed by atoms with Gasteiger partial charge >= 0.3 is 7.80 Å². The van der Waals surface area contributed by atoms with Crippen LogP contribution in [0.4, 0.5) is 0 Å². The normalized spacial score (nSPS) is 22.0. The summed E-state index contributed by atoms with van der Waals surface area (Å²) >= 11 is 0. The SMILES string of the molecule is C1CCCC1.C[C@H](C1CCCC1[P+](=O)C(C)(C)C)P(c1ccccc1)c1ccccc1.[Fe]. The summed E-state index contributed by atoms with van der Waals surface area (Å²) in [7, 11) is -1.64. The molecule has 4 atom stereocenters. The third-order valence-electron chi connectivity index (χ3n) is 6.84. The Hall–Kier alpha value is -0.511. The smallest absolute Gasteiger partial charge is 0.0739 e. The fourth-order valence-corrected chi connectivity index (χ4v) is 10.5. The predicted molar refractivity (Wildman–Crippen MR) is 140 cm³/mol. The second-order valence-corrected chi connectivity index (χ2v) is 15.5. The van der Waals surface area contributed by atoms with E-state index in [1.807, 2.05) is 0 Å². The summed E-state index contributed by atoms with van der Waals surface area (Å²) in [5, 5.41) is 2.79. The van der Waals surface area contributed by atoms with Gasteiger partial charge in [-0.2, -0.15) is 0 Å². The quantitative estimate of drug-likeness (QED) is 0.292. The molecule has 176 valence electrons. The number of hydrogen-bond donors (Lipinski definition) is 0. The number of benzene rings is 2. The van der Waals surface area contributed by atoms with Crippen LogP contribution in [-0.4, -0.2) is 16.5 Å². The molecule has 2 fully saturated rings. The van der Waals surface area contributed by atoms with Gasteiger partial charge in [0, 0.05) is 23.0 Å².